The van der Waals surface area contributed by atoms with Gasteiger partial charge in [0.25, 0.3) is 0 Å². The topological polar surface area (TPSA) is 57.2 Å². The van der Waals surface area contributed by atoms with Crippen molar-refractivity contribution in [2.75, 3.05) is 47.4 Å². The van der Waals surface area contributed by atoms with Crippen molar-refractivity contribution in [3.63, 3.8) is 0 Å². The van der Waals surface area contributed by atoms with Crippen LogP contribution >= 0.6 is 24.0 Å². The lowest BCUT2D eigenvalue weighted by Gasteiger charge is -2.40. The summed E-state index contributed by atoms with van der Waals surface area (Å²) in [6, 6.07) is 0.542. The molecule has 0 bridgehead atoms. The summed E-state index contributed by atoms with van der Waals surface area (Å²) < 4.78 is 5.35. The van der Waals surface area contributed by atoms with Gasteiger partial charge in [-0.1, -0.05) is 6.92 Å². The third-order valence-corrected chi connectivity index (χ3v) is 4.54. The summed E-state index contributed by atoms with van der Waals surface area (Å²) in [5, 5.41) is 3.49. The van der Waals surface area contributed by atoms with Crippen LogP contribution in [-0.4, -0.2) is 75.2 Å². The highest BCUT2D eigenvalue weighted by Gasteiger charge is 2.32. The summed E-state index contributed by atoms with van der Waals surface area (Å²) >= 11 is 0. The van der Waals surface area contributed by atoms with Crippen molar-refractivity contribution in [3.05, 3.63) is 0 Å². The average molecular weight is 438 g/mol. The third-order valence-electron chi connectivity index (χ3n) is 4.54. The fourth-order valence-electron chi connectivity index (χ4n) is 2.68. The molecule has 0 aromatic carbocycles. The van der Waals surface area contributed by atoms with Crippen molar-refractivity contribution in [2.24, 2.45) is 10.4 Å². The molecule has 134 valence electrons. The lowest BCUT2D eigenvalue weighted by atomic mass is 9.81. The predicted octanol–water partition coefficient (Wildman–Crippen LogP) is 1.55. The molecular weight excluding hydrogens is 407 g/mol. The molecule has 1 amide bonds. The molecule has 6 nitrogen and oxygen atoms in total. The molecule has 2 fully saturated rings. The van der Waals surface area contributed by atoms with E-state index in [-0.39, 0.29) is 41.8 Å². The van der Waals surface area contributed by atoms with Crippen LogP contribution in [0.25, 0.3) is 0 Å². The molecule has 0 atom stereocenters. The smallest absolute Gasteiger partial charge is 0.243 e. The van der Waals surface area contributed by atoms with E-state index in [1.54, 1.807) is 26.1 Å². The van der Waals surface area contributed by atoms with Crippen molar-refractivity contribution in [3.8, 4) is 0 Å². The van der Waals surface area contributed by atoms with E-state index in [1.807, 2.05) is 0 Å². The van der Waals surface area contributed by atoms with Gasteiger partial charge in [0.15, 0.2) is 5.96 Å². The Morgan fingerprint density at radius 2 is 1.96 bits per heavy atom. The monoisotopic (exact) mass is 438 g/mol. The fourth-order valence-corrected chi connectivity index (χ4v) is 2.68. The highest BCUT2D eigenvalue weighted by Crippen LogP contribution is 2.31. The number of amides is 1. The molecule has 23 heavy (non-hydrogen) atoms. The van der Waals surface area contributed by atoms with Crippen molar-refractivity contribution in [1.29, 1.82) is 0 Å². The van der Waals surface area contributed by atoms with Crippen LogP contribution in [0.5, 0.6) is 0 Å². The van der Waals surface area contributed by atoms with E-state index in [9.17, 15) is 4.79 Å². The highest BCUT2D eigenvalue weighted by molar-refractivity contribution is 14.0. The lowest BCUT2D eigenvalue weighted by molar-refractivity contribution is -0.127. The van der Waals surface area contributed by atoms with E-state index >= 15 is 0 Å². The van der Waals surface area contributed by atoms with E-state index in [1.165, 1.54) is 12.8 Å². The quantitative estimate of drug-likeness (QED) is 0.402. The first-order chi connectivity index (χ1) is 10.4. The number of likely N-dealkylation sites (N-methyl/N-ethyl adjacent to an activating group) is 1. The first-order valence-electron chi connectivity index (χ1n) is 8.18. The summed E-state index contributed by atoms with van der Waals surface area (Å²) in [5.74, 6) is 0.938. The summed E-state index contributed by atoms with van der Waals surface area (Å²) in [7, 11) is 5.30. The number of rotatable bonds is 5. The number of halogens is 1. The zero-order valence-corrected chi connectivity index (χ0v) is 17.1. The minimum absolute atomic E-state index is 0. The summed E-state index contributed by atoms with van der Waals surface area (Å²) in [4.78, 5) is 20.2. The Morgan fingerprint density at radius 1 is 1.35 bits per heavy atom. The van der Waals surface area contributed by atoms with Crippen LogP contribution in [-0.2, 0) is 9.53 Å². The summed E-state index contributed by atoms with van der Waals surface area (Å²) in [6.45, 7) is 5.24. The van der Waals surface area contributed by atoms with Crippen molar-refractivity contribution in [1.82, 2.24) is 15.1 Å². The molecule has 1 N–H and O–H groups in total. The van der Waals surface area contributed by atoms with Gasteiger partial charge in [-0.2, -0.15) is 0 Å². The van der Waals surface area contributed by atoms with Gasteiger partial charge in [-0.25, -0.2) is 4.99 Å². The van der Waals surface area contributed by atoms with Crippen LogP contribution in [0.15, 0.2) is 4.99 Å². The van der Waals surface area contributed by atoms with Gasteiger partial charge in [0.05, 0.1) is 6.61 Å². The standard InChI is InChI=1S/C16H30N4O2.HI/c1-16(12-22-4)7-9-20(10-8-16)15(18-13-5-6-13)17-11-14(21)19(2)3;/h13H,5-12H2,1-4H3,(H,17,18);1H. The summed E-state index contributed by atoms with van der Waals surface area (Å²) in [6.07, 6.45) is 4.59. The number of carbonyl (C=O) groups is 1. The molecule has 0 spiro atoms. The molecule has 2 aliphatic rings. The van der Waals surface area contributed by atoms with Crippen molar-refractivity contribution in [2.45, 2.75) is 38.6 Å². The number of piperidine rings is 1. The fraction of sp³-hybridized carbons (Fsp3) is 0.875. The average Bonchev–Trinajstić information content (AvgIpc) is 3.28. The van der Waals surface area contributed by atoms with Crippen molar-refractivity contribution >= 4 is 35.8 Å². The number of aliphatic imine (C=N–C) groups is 1. The Morgan fingerprint density at radius 3 is 2.43 bits per heavy atom. The van der Waals surface area contributed by atoms with E-state index in [0.717, 1.165) is 38.5 Å². The largest absolute Gasteiger partial charge is 0.384 e. The van der Waals surface area contributed by atoms with Crippen LogP contribution in [0, 0.1) is 5.41 Å². The number of nitrogens with zero attached hydrogens (tertiary/aromatic N) is 3. The normalized spacial score (nSPS) is 20.7. The Labute approximate surface area is 157 Å². The molecule has 0 radical (unpaired) electrons. The first kappa shape index (κ1) is 20.5. The van der Waals surface area contributed by atoms with Crippen LogP contribution in [0.4, 0.5) is 0 Å². The number of hydrogen-bond acceptors (Lipinski definition) is 3. The van der Waals surface area contributed by atoms with E-state index < -0.39 is 0 Å². The van der Waals surface area contributed by atoms with Gasteiger partial charge in [-0.15, -0.1) is 24.0 Å². The second-order valence-electron chi connectivity index (χ2n) is 7.08. The van der Waals surface area contributed by atoms with Crippen molar-refractivity contribution < 1.29 is 9.53 Å². The minimum Gasteiger partial charge on any atom is -0.384 e. The van der Waals surface area contributed by atoms with Crippen LogP contribution < -0.4 is 5.32 Å². The maximum Gasteiger partial charge on any atom is 0.243 e. The Hall–Kier alpha value is -0.570. The van der Waals surface area contributed by atoms with Crippen LogP contribution in [0.2, 0.25) is 0 Å². The second-order valence-corrected chi connectivity index (χ2v) is 7.08. The van der Waals surface area contributed by atoms with E-state index in [0.29, 0.717) is 6.04 Å². The van der Waals surface area contributed by atoms with Gasteiger partial charge in [-0.3, -0.25) is 4.79 Å². The molecule has 2 rings (SSSR count). The molecule has 1 aliphatic carbocycles. The number of guanidine groups is 1. The molecule has 1 saturated carbocycles. The molecule has 1 heterocycles. The van der Waals surface area contributed by atoms with E-state index in [4.69, 9.17) is 4.74 Å². The van der Waals surface area contributed by atoms with Gasteiger partial charge in [0.2, 0.25) is 5.91 Å². The first-order valence-corrected chi connectivity index (χ1v) is 8.18. The Bertz CT molecular complexity index is 416. The zero-order chi connectivity index (χ0) is 16.2. The molecule has 0 aromatic rings. The molecule has 0 aromatic heterocycles. The Balaban J connectivity index is 0.00000264. The summed E-state index contributed by atoms with van der Waals surface area (Å²) in [5.41, 5.74) is 0.259. The van der Waals surface area contributed by atoms with E-state index in [2.05, 4.69) is 22.1 Å². The molecule has 0 unspecified atom stereocenters. The predicted molar refractivity (Wildman–Crippen MR) is 103 cm³/mol. The third kappa shape index (κ3) is 6.45. The van der Waals surface area contributed by atoms with Crippen LogP contribution in [0.1, 0.15) is 32.6 Å². The number of ether oxygens (including phenoxy) is 1. The van der Waals surface area contributed by atoms with Gasteiger partial charge in [0.1, 0.15) is 6.54 Å². The Kier molecular flexibility index (Phi) is 8.06. The molecule has 1 saturated heterocycles. The van der Waals surface area contributed by atoms with Gasteiger partial charge < -0.3 is 19.9 Å². The van der Waals surface area contributed by atoms with Crippen LogP contribution in [0.3, 0.4) is 0 Å². The van der Waals surface area contributed by atoms with Gasteiger partial charge >= 0.3 is 0 Å². The number of carbonyl (C=O) groups excluding carboxylic acids is 1. The molecular formula is C16H31IN4O2. The van der Waals surface area contributed by atoms with Gasteiger partial charge in [0, 0.05) is 40.3 Å². The number of methoxy groups -OCH3 is 1. The second kappa shape index (κ2) is 9.05. The molecule has 1 aliphatic heterocycles. The zero-order valence-electron chi connectivity index (χ0n) is 14.8. The number of nitrogens with one attached hydrogen (secondary N) is 1. The molecule has 7 heteroatoms. The number of hydrogen-bond donors (Lipinski definition) is 1. The SMILES string of the molecule is COCC1(C)CCN(C(=NCC(=O)N(C)C)NC2CC2)CC1.I. The lowest BCUT2D eigenvalue weighted by Crippen LogP contribution is -2.49. The number of likely N-dealkylation sites (tertiary alicyclic amines) is 1. The van der Waals surface area contributed by atoms with Gasteiger partial charge in [-0.05, 0) is 31.1 Å². The maximum absolute atomic E-state index is 11.8. The minimum atomic E-state index is 0. The maximum atomic E-state index is 11.8. The highest BCUT2D eigenvalue weighted by atomic mass is 127.